The summed E-state index contributed by atoms with van der Waals surface area (Å²) in [5, 5.41) is 0.908. The Hall–Kier alpha value is -0.850. The number of terminal acetylenes is 1. The molecule has 0 fully saturated rings. The van der Waals surface area contributed by atoms with Crippen LogP contribution in [0.25, 0.3) is 0 Å². The minimum absolute atomic E-state index is 0.479. The molecule has 52 valence electrons. The molecule has 0 spiro atoms. The second kappa shape index (κ2) is 2.82. The van der Waals surface area contributed by atoms with Crippen LogP contribution in [0.3, 0.4) is 0 Å². The highest BCUT2D eigenvalue weighted by Gasteiger charge is 2.01. The number of nitrogens with two attached hydrogens (primary N) is 1. The van der Waals surface area contributed by atoms with Gasteiger partial charge in [0.25, 0.3) is 0 Å². The number of nitrogens with zero attached hydrogens (tertiary/aromatic N) is 1. The first-order valence-corrected chi connectivity index (χ1v) is 3.72. The first kappa shape index (κ1) is 7.26. The van der Waals surface area contributed by atoms with Crippen LogP contribution in [0.4, 0.5) is 0 Å². The van der Waals surface area contributed by atoms with E-state index in [0.717, 1.165) is 15.6 Å². The molecule has 1 aromatic heterocycles. The molecule has 1 rings (SSSR count). The summed E-state index contributed by atoms with van der Waals surface area (Å²) in [6, 6.07) is 0. The Kier molecular flexibility index (Phi) is 2.05. The van der Waals surface area contributed by atoms with E-state index in [9.17, 15) is 0 Å². The summed E-state index contributed by atoms with van der Waals surface area (Å²) in [5.41, 5.74) is 6.09. The predicted octanol–water partition coefficient (Wildman–Crippen LogP) is 0.892. The number of thiazole rings is 1. The summed E-state index contributed by atoms with van der Waals surface area (Å²) in [5.74, 6) is 2.49. The fourth-order valence-electron chi connectivity index (χ4n) is 0.673. The minimum atomic E-state index is 0.479. The van der Waals surface area contributed by atoms with Crippen molar-refractivity contribution in [2.75, 3.05) is 0 Å². The van der Waals surface area contributed by atoms with Gasteiger partial charge in [-0.05, 0) is 12.8 Å². The second-order valence-corrected chi connectivity index (χ2v) is 3.15. The van der Waals surface area contributed by atoms with E-state index in [1.165, 1.54) is 0 Å². The molecule has 0 amide bonds. The highest BCUT2D eigenvalue weighted by atomic mass is 32.1. The van der Waals surface area contributed by atoms with Gasteiger partial charge in [0.05, 0.1) is 0 Å². The van der Waals surface area contributed by atoms with Crippen molar-refractivity contribution in [3.8, 4) is 12.3 Å². The van der Waals surface area contributed by atoms with E-state index in [1.807, 2.05) is 6.92 Å². The number of rotatable bonds is 1. The second-order valence-electron chi connectivity index (χ2n) is 1.86. The van der Waals surface area contributed by atoms with Crippen molar-refractivity contribution in [2.45, 2.75) is 13.5 Å². The van der Waals surface area contributed by atoms with Gasteiger partial charge in [0.2, 0.25) is 0 Å². The zero-order chi connectivity index (χ0) is 7.56. The molecule has 2 N–H and O–H groups in total. The number of aromatic nitrogens is 1. The van der Waals surface area contributed by atoms with Crippen molar-refractivity contribution >= 4 is 11.3 Å². The first-order chi connectivity index (χ1) is 4.77. The van der Waals surface area contributed by atoms with Gasteiger partial charge < -0.3 is 5.73 Å². The number of hydrogen-bond acceptors (Lipinski definition) is 3. The van der Waals surface area contributed by atoms with Crippen LogP contribution >= 0.6 is 11.3 Å². The van der Waals surface area contributed by atoms with Gasteiger partial charge in [-0.2, -0.15) is 0 Å². The van der Waals surface area contributed by atoms with Gasteiger partial charge in [-0.1, -0.05) is 0 Å². The monoisotopic (exact) mass is 152 g/mol. The molecule has 0 atom stereocenters. The van der Waals surface area contributed by atoms with Gasteiger partial charge in [-0.25, -0.2) is 4.98 Å². The fraction of sp³-hybridized carbons (Fsp3) is 0.286. The fourth-order valence-corrected chi connectivity index (χ4v) is 1.45. The molecule has 0 aromatic carbocycles. The molecule has 0 unspecified atom stereocenters. The van der Waals surface area contributed by atoms with Crippen molar-refractivity contribution in [3.05, 3.63) is 15.6 Å². The third-order valence-electron chi connectivity index (χ3n) is 1.15. The largest absolute Gasteiger partial charge is 0.325 e. The summed E-state index contributed by atoms with van der Waals surface area (Å²) in [4.78, 5) is 5.18. The van der Waals surface area contributed by atoms with Crippen LogP contribution < -0.4 is 5.73 Å². The Morgan fingerprint density at radius 2 is 2.50 bits per heavy atom. The van der Waals surface area contributed by atoms with Crippen molar-refractivity contribution in [1.29, 1.82) is 0 Å². The van der Waals surface area contributed by atoms with Crippen LogP contribution in [-0.2, 0) is 6.54 Å². The van der Waals surface area contributed by atoms with E-state index in [4.69, 9.17) is 12.2 Å². The SMILES string of the molecule is C#Cc1nc(CN)sc1C. The van der Waals surface area contributed by atoms with Crippen molar-refractivity contribution in [3.63, 3.8) is 0 Å². The lowest BCUT2D eigenvalue weighted by Crippen LogP contribution is -1.94. The summed E-state index contributed by atoms with van der Waals surface area (Å²) in [7, 11) is 0. The molecule has 3 heteroatoms. The van der Waals surface area contributed by atoms with E-state index in [-0.39, 0.29) is 0 Å². The van der Waals surface area contributed by atoms with Gasteiger partial charge in [0.1, 0.15) is 10.7 Å². The minimum Gasteiger partial charge on any atom is -0.325 e. The molecule has 0 radical (unpaired) electrons. The molecule has 0 bridgehead atoms. The maximum Gasteiger partial charge on any atom is 0.127 e. The predicted molar refractivity (Wildman–Crippen MR) is 42.7 cm³/mol. The van der Waals surface area contributed by atoms with Crippen LogP contribution in [0.5, 0.6) is 0 Å². The zero-order valence-electron chi connectivity index (χ0n) is 5.72. The Bertz CT molecular complexity index is 270. The van der Waals surface area contributed by atoms with Crippen LogP contribution in [0, 0.1) is 19.3 Å². The van der Waals surface area contributed by atoms with Gasteiger partial charge >= 0.3 is 0 Å². The van der Waals surface area contributed by atoms with Gasteiger partial charge in [-0.15, -0.1) is 17.8 Å². The molecule has 10 heavy (non-hydrogen) atoms. The Morgan fingerprint density at radius 1 is 1.80 bits per heavy atom. The summed E-state index contributed by atoms with van der Waals surface area (Å²) in [6.07, 6.45) is 5.17. The summed E-state index contributed by atoms with van der Waals surface area (Å²) < 4.78 is 0. The van der Waals surface area contributed by atoms with E-state index in [0.29, 0.717) is 6.54 Å². The smallest absolute Gasteiger partial charge is 0.127 e. The molecule has 0 saturated carbocycles. The molecule has 0 saturated heterocycles. The quantitative estimate of drug-likeness (QED) is 0.607. The number of hydrogen-bond donors (Lipinski definition) is 1. The molecule has 1 aromatic rings. The molecule has 2 nitrogen and oxygen atoms in total. The Labute approximate surface area is 64.1 Å². The van der Waals surface area contributed by atoms with Crippen molar-refractivity contribution < 1.29 is 0 Å². The van der Waals surface area contributed by atoms with E-state index in [1.54, 1.807) is 11.3 Å². The molecule has 0 aliphatic heterocycles. The Morgan fingerprint density at radius 3 is 2.80 bits per heavy atom. The molecule has 0 aliphatic carbocycles. The normalized spacial score (nSPS) is 9.30. The highest BCUT2D eigenvalue weighted by molar-refractivity contribution is 7.11. The maximum absolute atomic E-state index is 5.37. The third-order valence-corrected chi connectivity index (χ3v) is 2.15. The average Bonchev–Trinajstić information content (AvgIpc) is 2.30. The molecule has 0 aliphatic rings. The lowest BCUT2D eigenvalue weighted by molar-refractivity contribution is 1.03. The van der Waals surface area contributed by atoms with Crippen molar-refractivity contribution in [1.82, 2.24) is 4.98 Å². The van der Waals surface area contributed by atoms with E-state index in [2.05, 4.69) is 10.9 Å². The standard InChI is InChI=1S/C7H8N2S/c1-3-6-5(2)10-7(4-8)9-6/h1H,4,8H2,2H3. The highest BCUT2D eigenvalue weighted by Crippen LogP contribution is 2.15. The van der Waals surface area contributed by atoms with Crippen molar-refractivity contribution in [2.24, 2.45) is 5.73 Å². The number of aryl methyl sites for hydroxylation is 1. The average molecular weight is 152 g/mol. The summed E-state index contributed by atoms with van der Waals surface area (Å²) in [6.45, 7) is 2.43. The van der Waals surface area contributed by atoms with Gasteiger partial charge in [0.15, 0.2) is 0 Å². The zero-order valence-corrected chi connectivity index (χ0v) is 6.53. The van der Waals surface area contributed by atoms with Gasteiger partial charge in [-0.3, -0.25) is 0 Å². The first-order valence-electron chi connectivity index (χ1n) is 2.91. The third kappa shape index (κ3) is 1.18. The molecule has 1 heterocycles. The molecular weight excluding hydrogens is 144 g/mol. The van der Waals surface area contributed by atoms with E-state index < -0.39 is 0 Å². The van der Waals surface area contributed by atoms with Crippen LogP contribution in [0.2, 0.25) is 0 Å². The van der Waals surface area contributed by atoms with E-state index >= 15 is 0 Å². The molecular formula is C7H8N2S. The lowest BCUT2D eigenvalue weighted by Gasteiger charge is -1.79. The topological polar surface area (TPSA) is 38.9 Å². The lowest BCUT2D eigenvalue weighted by atomic mass is 10.4. The van der Waals surface area contributed by atoms with Crippen LogP contribution in [0.15, 0.2) is 0 Å². The van der Waals surface area contributed by atoms with Crippen LogP contribution in [-0.4, -0.2) is 4.98 Å². The maximum atomic E-state index is 5.37. The summed E-state index contributed by atoms with van der Waals surface area (Å²) >= 11 is 1.56. The Balaban J connectivity index is 3.07. The van der Waals surface area contributed by atoms with Gasteiger partial charge in [0, 0.05) is 11.4 Å². The van der Waals surface area contributed by atoms with Crippen LogP contribution in [0.1, 0.15) is 15.6 Å².